The first-order valence-electron chi connectivity index (χ1n) is 4.93. The van der Waals surface area contributed by atoms with Gasteiger partial charge in [0.25, 0.3) is 0 Å². The van der Waals surface area contributed by atoms with Crippen LogP contribution in [0.3, 0.4) is 0 Å². The van der Waals surface area contributed by atoms with E-state index in [0.29, 0.717) is 22.9 Å². The molecule has 0 spiro atoms. The summed E-state index contributed by atoms with van der Waals surface area (Å²) >= 11 is 11.8. The molecule has 3 nitrogen and oxygen atoms in total. The molecule has 1 aromatic carbocycles. The molecule has 0 amide bonds. The minimum atomic E-state index is -0.815. The summed E-state index contributed by atoms with van der Waals surface area (Å²) in [7, 11) is 0. The van der Waals surface area contributed by atoms with E-state index in [1.54, 1.807) is 18.2 Å². The minimum absolute atomic E-state index is 0.117. The first-order chi connectivity index (χ1) is 7.50. The molecule has 0 radical (unpaired) electrons. The van der Waals surface area contributed by atoms with E-state index in [2.05, 4.69) is 0 Å². The van der Waals surface area contributed by atoms with Crippen molar-refractivity contribution in [3.63, 3.8) is 0 Å². The SMILES string of the molecule is NC(CCCC(=O)O)c1cc(Cl)ccc1Cl. The highest BCUT2D eigenvalue weighted by Crippen LogP contribution is 2.27. The molecule has 0 saturated heterocycles. The van der Waals surface area contributed by atoms with Crippen LogP contribution in [-0.4, -0.2) is 11.1 Å². The van der Waals surface area contributed by atoms with E-state index in [-0.39, 0.29) is 12.5 Å². The Morgan fingerprint density at radius 2 is 2.12 bits per heavy atom. The molecule has 0 saturated carbocycles. The van der Waals surface area contributed by atoms with Crippen molar-refractivity contribution < 1.29 is 9.90 Å². The number of halogens is 2. The Hall–Kier alpha value is -0.770. The van der Waals surface area contributed by atoms with E-state index in [4.69, 9.17) is 34.0 Å². The molecule has 88 valence electrons. The number of rotatable bonds is 5. The molecule has 16 heavy (non-hydrogen) atoms. The van der Waals surface area contributed by atoms with Crippen LogP contribution in [0.5, 0.6) is 0 Å². The second kappa shape index (κ2) is 6.09. The van der Waals surface area contributed by atoms with Crippen molar-refractivity contribution in [3.8, 4) is 0 Å². The van der Waals surface area contributed by atoms with Gasteiger partial charge in [0.15, 0.2) is 0 Å². The number of carboxylic acids is 1. The van der Waals surface area contributed by atoms with Crippen molar-refractivity contribution >= 4 is 29.2 Å². The first-order valence-corrected chi connectivity index (χ1v) is 5.68. The fraction of sp³-hybridized carbons (Fsp3) is 0.364. The van der Waals surface area contributed by atoms with Crippen LogP contribution in [0.1, 0.15) is 30.9 Å². The summed E-state index contributed by atoms with van der Waals surface area (Å²) in [6, 6.07) is 4.83. The van der Waals surface area contributed by atoms with Crippen LogP contribution in [0.4, 0.5) is 0 Å². The van der Waals surface area contributed by atoms with Crippen LogP contribution < -0.4 is 5.73 Å². The van der Waals surface area contributed by atoms with Gasteiger partial charge < -0.3 is 10.8 Å². The second-order valence-electron chi connectivity index (χ2n) is 3.56. The minimum Gasteiger partial charge on any atom is -0.481 e. The highest BCUT2D eigenvalue weighted by Gasteiger charge is 2.11. The normalized spacial score (nSPS) is 12.4. The Morgan fingerprint density at radius 1 is 1.44 bits per heavy atom. The lowest BCUT2D eigenvalue weighted by Gasteiger charge is -2.13. The van der Waals surface area contributed by atoms with Gasteiger partial charge in [-0.05, 0) is 36.6 Å². The van der Waals surface area contributed by atoms with E-state index in [9.17, 15) is 4.79 Å². The molecule has 0 bridgehead atoms. The van der Waals surface area contributed by atoms with Crippen molar-refractivity contribution in [2.45, 2.75) is 25.3 Å². The quantitative estimate of drug-likeness (QED) is 0.856. The lowest BCUT2D eigenvalue weighted by Crippen LogP contribution is -2.11. The van der Waals surface area contributed by atoms with E-state index in [0.717, 1.165) is 5.56 Å². The van der Waals surface area contributed by atoms with Gasteiger partial charge in [-0.3, -0.25) is 4.79 Å². The lowest BCUT2D eigenvalue weighted by molar-refractivity contribution is -0.137. The monoisotopic (exact) mass is 261 g/mol. The molecule has 1 atom stereocenters. The van der Waals surface area contributed by atoms with Gasteiger partial charge in [-0.25, -0.2) is 0 Å². The highest BCUT2D eigenvalue weighted by atomic mass is 35.5. The van der Waals surface area contributed by atoms with Crippen LogP contribution in [0.2, 0.25) is 10.0 Å². The summed E-state index contributed by atoms with van der Waals surface area (Å²) < 4.78 is 0. The largest absolute Gasteiger partial charge is 0.481 e. The van der Waals surface area contributed by atoms with Crippen LogP contribution >= 0.6 is 23.2 Å². The maximum atomic E-state index is 10.4. The van der Waals surface area contributed by atoms with Crippen molar-refractivity contribution in [2.75, 3.05) is 0 Å². The standard InChI is InChI=1S/C11H13Cl2NO2/c12-7-4-5-9(13)8(6-7)10(14)2-1-3-11(15)16/h4-6,10H,1-3,14H2,(H,15,16). The average molecular weight is 262 g/mol. The third kappa shape index (κ3) is 4.00. The third-order valence-corrected chi connectivity index (χ3v) is 2.84. The molecule has 5 heteroatoms. The molecular weight excluding hydrogens is 249 g/mol. The molecule has 0 aliphatic rings. The maximum absolute atomic E-state index is 10.4. The van der Waals surface area contributed by atoms with Crippen molar-refractivity contribution in [3.05, 3.63) is 33.8 Å². The number of carboxylic acid groups (broad SMARTS) is 1. The zero-order valence-corrected chi connectivity index (χ0v) is 10.1. The fourth-order valence-corrected chi connectivity index (χ4v) is 1.87. The van der Waals surface area contributed by atoms with Crippen LogP contribution in [-0.2, 0) is 4.79 Å². The highest BCUT2D eigenvalue weighted by molar-refractivity contribution is 6.33. The summed E-state index contributed by atoms with van der Waals surface area (Å²) in [4.78, 5) is 10.4. The number of aliphatic carboxylic acids is 1. The van der Waals surface area contributed by atoms with E-state index < -0.39 is 5.97 Å². The molecule has 1 aromatic rings. The smallest absolute Gasteiger partial charge is 0.303 e. The van der Waals surface area contributed by atoms with E-state index >= 15 is 0 Å². The fourth-order valence-electron chi connectivity index (χ4n) is 1.43. The van der Waals surface area contributed by atoms with Gasteiger partial charge in [0.1, 0.15) is 0 Å². The zero-order valence-electron chi connectivity index (χ0n) is 8.62. The molecule has 1 unspecified atom stereocenters. The molecular formula is C11H13Cl2NO2. The topological polar surface area (TPSA) is 63.3 Å². The summed E-state index contributed by atoms with van der Waals surface area (Å²) in [5.41, 5.74) is 6.68. The summed E-state index contributed by atoms with van der Waals surface area (Å²) in [6.45, 7) is 0. The zero-order chi connectivity index (χ0) is 12.1. The van der Waals surface area contributed by atoms with Gasteiger partial charge in [0.05, 0.1) is 0 Å². The van der Waals surface area contributed by atoms with Gasteiger partial charge in [-0.15, -0.1) is 0 Å². The Morgan fingerprint density at radius 3 is 2.75 bits per heavy atom. The summed E-state index contributed by atoms with van der Waals surface area (Å²) in [6.07, 6.45) is 1.22. The Balaban J connectivity index is 2.61. The predicted octanol–water partition coefficient (Wildman–Crippen LogP) is 3.25. The molecule has 0 heterocycles. The van der Waals surface area contributed by atoms with Crippen LogP contribution in [0.25, 0.3) is 0 Å². The van der Waals surface area contributed by atoms with Crippen molar-refractivity contribution in [1.82, 2.24) is 0 Å². The van der Waals surface area contributed by atoms with Crippen molar-refractivity contribution in [2.24, 2.45) is 5.73 Å². The molecule has 0 aliphatic carbocycles. The third-order valence-electron chi connectivity index (χ3n) is 2.26. The Bertz CT molecular complexity index is 382. The molecule has 3 N–H and O–H groups in total. The summed E-state index contributed by atoms with van der Waals surface area (Å²) in [5, 5.41) is 9.65. The van der Waals surface area contributed by atoms with Gasteiger partial charge in [0.2, 0.25) is 0 Å². The predicted molar refractivity (Wildman–Crippen MR) is 64.9 cm³/mol. The van der Waals surface area contributed by atoms with Gasteiger partial charge in [-0.2, -0.15) is 0 Å². The van der Waals surface area contributed by atoms with Crippen LogP contribution in [0, 0.1) is 0 Å². The maximum Gasteiger partial charge on any atom is 0.303 e. The molecule has 0 aliphatic heterocycles. The molecule has 1 rings (SSSR count). The van der Waals surface area contributed by atoms with Gasteiger partial charge >= 0.3 is 5.97 Å². The number of carbonyl (C=O) groups is 1. The number of hydrogen-bond donors (Lipinski definition) is 2. The van der Waals surface area contributed by atoms with E-state index in [1.807, 2.05) is 0 Å². The van der Waals surface area contributed by atoms with E-state index in [1.165, 1.54) is 0 Å². The second-order valence-corrected chi connectivity index (χ2v) is 4.40. The lowest BCUT2D eigenvalue weighted by atomic mass is 10.0. The Kier molecular flexibility index (Phi) is 5.06. The van der Waals surface area contributed by atoms with Crippen LogP contribution in [0.15, 0.2) is 18.2 Å². The first kappa shape index (κ1) is 13.3. The van der Waals surface area contributed by atoms with Gasteiger partial charge in [-0.1, -0.05) is 23.2 Å². The summed E-state index contributed by atoms with van der Waals surface area (Å²) in [5.74, 6) is -0.815. The Labute approximate surface area is 104 Å². The average Bonchev–Trinajstić information content (AvgIpc) is 2.21. The molecule has 0 fully saturated rings. The molecule has 0 aromatic heterocycles. The van der Waals surface area contributed by atoms with Crippen molar-refractivity contribution in [1.29, 1.82) is 0 Å². The number of hydrogen-bond acceptors (Lipinski definition) is 2. The van der Waals surface area contributed by atoms with Gasteiger partial charge in [0, 0.05) is 22.5 Å². The number of benzene rings is 1. The number of nitrogens with two attached hydrogens (primary N) is 1.